The van der Waals surface area contributed by atoms with Gasteiger partial charge in [0, 0.05) is 12.6 Å². The Hall–Kier alpha value is -1.98. The van der Waals surface area contributed by atoms with E-state index in [4.69, 9.17) is 4.42 Å². The fourth-order valence-corrected chi connectivity index (χ4v) is 4.21. The number of thiophene rings is 1. The molecule has 2 aromatic heterocycles. The summed E-state index contributed by atoms with van der Waals surface area (Å²) in [6.45, 7) is 1.78. The first kappa shape index (κ1) is 16.5. The van der Waals surface area contributed by atoms with Crippen molar-refractivity contribution in [3.8, 4) is 10.8 Å². The zero-order valence-electron chi connectivity index (χ0n) is 14.3. The second-order valence-electron chi connectivity index (χ2n) is 6.62. The number of nitrogens with zero attached hydrogens (tertiary/aromatic N) is 3. The van der Waals surface area contributed by atoms with Crippen molar-refractivity contribution in [3.05, 3.63) is 59.3 Å². The Balaban J connectivity index is 1.44. The van der Waals surface area contributed by atoms with Crippen LogP contribution < -0.4 is 0 Å². The van der Waals surface area contributed by atoms with Crippen molar-refractivity contribution in [1.29, 1.82) is 0 Å². The molecule has 25 heavy (non-hydrogen) atoms. The summed E-state index contributed by atoms with van der Waals surface area (Å²) in [7, 11) is 0. The van der Waals surface area contributed by atoms with Gasteiger partial charge in [-0.15, -0.1) is 21.5 Å². The van der Waals surface area contributed by atoms with Crippen molar-refractivity contribution in [2.75, 3.05) is 6.54 Å². The number of hydrogen-bond acceptors (Lipinski definition) is 5. The van der Waals surface area contributed by atoms with E-state index in [9.17, 15) is 0 Å². The first-order chi connectivity index (χ1) is 12.4. The van der Waals surface area contributed by atoms with Gasteiger partial charge in [-0.25, -0.2) is 0 Å². The molecular weight excluding hydrogens is 330 g/mol. The molecule has 0 atom stereocenters. The summed E-state index contributed by atoms with van der Waals surface area (Å²) in [5.41, 5.74) is 1.38. The van der Waals surface area contributed by atoms with Gasteiger partial charge in [0.1, 0.15) is 0 Å². The number of aromatic nitrogens is 2. The van der Waals surface area contributed by atoms with E-state index >= 15 is 0 Å². The molecule has 4 rings (SSSR count). The summed E-state index contributed by atoms with van der Waals surface area (Å²) in [4.78, 5) is 3.57. The maximum atomic E-state index is 5.92. The van der Waals surface area contributed by atoms with Gasteiger partial charge in [0.25, 0.3) is 5.89 Å². The second-order valence-corrected chi connectivity index (χ2v) is 7.57. The van der Waals surface area contributed by atoms with E-state index in [0.29, 0.717) is 11.9 Å². The number of benzene rings is 1. The van der Waals surface area contributed by atoms with Gasteiger partial charge in [0.2, 0.25) is 5.89 Å². The molecule has 0 spiro atoms. The van der Waals surface area contributed by atoms with Crippen molar-refractivity contribution in [3.63, 3.8) is 0 Å². The monoisotopic (exact) mass is 353 g/mol. The Morgan fingerprint density at radius 3 is 2.64 bits per heavy atom. The van der Waals surface area contributed by atoms with Crippen molar-refractivity contribution in [1.82, 2.24) is 15.1 Å². The Bertz CT molecular complexity index is 763. The molecule has 0 saturated heterocycles. The maximum Gasteiger partial charge on any atom is 0.257 e. The second kappa shape index (κ2) is 7.93. The lowest BCUT2D eigenvalue weighted by Crippen LogP contribution is -2.34. The molecule has 0 aliphatic heterocycles. The Kier molecular flexibility index (Phi) is 5.23. The van der Waals surface area contributed by atoms with Crippen LogP contribution in [0.3, 0.4) is 0 Å². The van der Waals surface area contributed by atoms with E-state index in [2.05, 4.69) is 45.4 Å². The van der Waals surface area contributed by atoms with E-state index < -0.39 is 0 Å². The fourth-order valence-electron chi connectivity index (χ4n) is 3.57. The van der Waals surface area contributed by atoms with E-state index in [1.54, 1.807) is 11.3 Å². The lowest BCUT2D eigenvalue weighted by atomic mass is 10.1. The molecule has 1 fully saturated rings. The van der Waals surface area contributed by atoms with E-state index in [1.165, 1.54) is 31.2 Å². The third-order valence-electron chi connectivity index (χ3n) is 4.91. The normalized spacial score (nSPS) is 15.2. The molecule has 2 heterocycles. The van der Waals surface area contributed by atoms with Gasteiger partial charge in [-0.05, 0) is 36.3 Å². The first-order valence-corrected chi connectivity index (χ1v) is 9.91. The van der Waals surface area contributed by atoms with Crippen LogP contribution in [0.25, 0.3) is 10.8 Å². The lowest BCUT2D eigenvalue weighted by Gasteiger charge is -2.27. The molecule has 4 nitrogen and oxygen atoms in total. The summed E-state index contributed by atoms with van der Waals surface area (Å²) < 4.78 is 5.92. The lowest BCUT2D eigenvalue weighted by molar-refractivity contribution is 0.175. The van der Waals surface area contributed by atoms with Crippen molar-refractivity contribution in [2.45, 2.75) is 44.7 Å². The summed E-state index contributed by atoms with van der Waals surface area (Å²) in [6, 6.07) is 15.4. The van der Waals surface area contributed by atoms with Crippen molar-refractivity contribution >= 4 is 11.3 Å². The zero-order chi connectivity index (χ0) is 16.9. The van der Waals surface area contributed by atoms with Crippen LogP contribution in [0.2, 0.25) is 0 Å². The highest BCUT2D eigenvalue weighted by atomic mass is 32.1. The number of rotatable bonds is 7. The van der Waals surface area contributed by atoms with Gasteiger partial charge in [-0.1, -0.05) is 49.2 Å². The highest BCUT2D eigenvalue weighted by molar-refractivity contribution is 7.13. The molecule has 1 aliphatic rings. The van der Waals surface area contributed by atoms with Crippen molar-refractivity contribution < 1.29 is 4.42 Å². The van der Waals surface area contributed by atoms with E-state index in [1.807, 2.05) is 17.5 Å². The van der Waals surface area contributed by atoms with Crippen LogP contribution in [-0.4, -0.2) is 27.7 Å². The minimum atomic E-state index is 0.638. The van der Waals surface area contributed by atoms with E-state index in [0.717, 1.165) is 30.3 Å². The molecule has 0 amide bonds. The summed E-state index contributed by atoms with van der Waals surface area (Å²) >= 11 is 1.63. The Morgan fingerprint density at radius 2 is 1.88 bits per heavy atom. The van der Waals surface area contributed by atoms with Crippen LogP contribution in [-0.2, 0) is 13.0 Å². The third-order valence-corrected chi connectivity index (χ3v) is 5.77. The molecule has 1 saturated carbocycles. The van der Waals surface area contributed by atoms with Crippen LogP contribution in [0.4, 0.5) is 0 Å². The van der Waals surface area contributed by atoms with Gasteiger partial charge in [0.05, 0.1) is 11.4 Å². The zero-order valence-corrected chi connectivity index (χ0v) is 15.1. The van der Waals surface area contributed by atoms with Gasteiger partial charge in [0.15, 0.2) is 0 Å². The minimum absolute atomic E-state index is 0.638. The van der Waals surface area contributed by atoms with Gasteiger partial charge < -0.3 is 4.42 Å². The molecule has 0 radical (unpaired) electrons. The van der Waals surface area contributed by atoms with Gasteiger partial charge in [-0.3, -0.25) is 4.90 Å². The highest BCUT2D eigenvalue weighted by Crippen LogP contribution is 2.27. The van der Waals surface area contributed by atoms with Crippen LogP contribution in [0.5, 0.6) is 0 Å². The Labute approximate surface area is 152 Å². The van der Waals surface area contributed by atoms with Crippen molar-refractivity contribution in [2.24, 2.45) is 0 Å². The largest absolute Gasteiger partial charge is 0.419 e. The average Bonchev–Trinajstić information content (AvgIpc) is 3.41. The molecule has 5 heteroatoms. The SMILES string of the molecule is c1ccc(CCN(Cc2nnc(-c3cccs3)o2)C2CCCC2)cc1. The quantitative estimate of drug-likeness (QED) is 0.613. The van der Waals surface area contributed by atoms with Crippen LogP contribution in [0.15, 0.2) is 52.3 Å². The average molecular weight is 353 g/mol. The van der Waals surface area contributed by atoms with Gasteiger partial charge in [-0.2, -0.15) is 0 Å². The molecule has 3 aromatic rings. The third kappa shape index (κ3) is 4.17. The smallest absolute Gasteiger partial charge is 0.257 e. The molecular formula is C20H23N3OS. The maximum absolute atomic E-state index is 5.92. The summed E-state index contributed by atoms with van der Waals surface area (Å²) in [5.74, 6) is 1.36. The summed E-state index contributed by atoms with van der Waals surface area (Å²) in [6.07, 6.45) is 6.28. The molecule has 0 bridgehead atoms. The molecule has 1 aromatic carbocycles. The molecule has 1 aliphatic carbocycles. The first-order valence-electron chi connectivity index (χ1n) is 9.03. The predicted octanol–water partition coefficient (Wildman–Crippen LogP) is 4.79. The van der Waals surface area contributed by atoms with Gasteiger partial charge >= 0.3 is 0 Å². The minimum Gasteiger partial charge on any atom is -0.419 e. The van der Waals surface area contributed by atoms with E-state index in [-0.39, 0.29) is 0 Å². The molecule has 130 valence electrons. The van der Waals surface area contributed by atoms with Crippen LogP contribution >= 0.6 is 11.3 Å². The topological polar surface area (TPSA) is 42.2 Å². The standard InChI is InChI=1S/C20H23N3OS/c1-2-7-16(8-3-1)12-13-23(17-9-4-5-10-17)15-19-21-22-20(24-19)18-11-6-14-25-18/h1-3,6-8,11,14,17H,4-5,9-10,12-13,15H2. The number of hydrogen-bond donors (Lipinski definition) is 0. The highest BCUT2D eigenvalue weighted by Gasteiger charge is 2.24. The fraction of sp³-hybridized carbons (Fsp3) is 0.400. The summed E-state index contributed by atoms with van der Waals surface area (Å²) in [5, 5.41) is 10.5. The molecule has 0 N–H and O–H groups in total. The Morgan fingerprint density at radius 1 is 1.04 bits per heavy atom. The predicted molar refractivity (Wildman–Crippen MR) is 100 cm³/mol. The molecule has 0 unspecified atom stereocenters. The van der Waals surface area contributed by atoms with Crippen LogP contribution in [0, 0.1) is 0 Å². The van der Waals surface area contributed by atoms with Crippen LogP contribution in [0.1, 0.15) is 37.1 Å².